The fraction of sp³-hybridized carbons (Fsp3) is 0.167. The maximum atomic E-state index is 12.3. The molecule has 0 unspecified atom stereocenters. The normalized spacial score (nSPS) is 10.7. The first-order valence-corrected chi connectivity index (χ1v) is 7.20. The molecule has 0 fully saturated rings. The van der Waals surface area contributed by atoms with Crippen molar-refractivity contribution in [1.82, 2.24) is 9.88 Å². The van der Waals surface area contributed by atoms with Crippen molar-refractivity contribution in [2.45, 2.75) is 13.5 Å². The van der Waals surface area contributed by atoms with Gasteiger partial charge in [0, 0.05) is 24.0 Å². The van der Waals surface area contributed by atoms with Crippen molar-refractivity contribution in [3.05, 3.63) is 71.9 Å². The molecule has 0 saturated carbocycles. The van der Waals surface area contributed by atoms with Gasteiger partial charge in [-0.3, -0.25) is 4.79 Å². The van der Waals surface area contributed by atoms with Crippen molar-refractivity contribution in [3.8, 4) is 0 Å². The second-order valence-corrected chi connectivity index (χ2v) is 5.02. The summed E-state index contributed by atoms with van der Waals surface area (Å²) in [5.74, 6) is -0.0235. The van der Waals surface area contributed by atoms with Gasteiger partial charge in [0.15, 0.2) is 0 Å². The third kappa shape index (κ3) is 2.68. The number of benzene rings is 2. The molecule has 3 heteroatoms. The van der Waals surface area contributed by atoms with E-state index in [1.165, 1.54) is 5.56 Å². The minimum atomic E-state index is -0.0235. The average Bonchev–Trinajstić information content (AvgIpc) is 2.88. The number of aromatic nitrogens is 1. The highest BCUT2D eigenvalue weighted by Gasteiger charge is 2.14. The first-order chi connectivity index (χ1) is 10.3. The van der Waals surface area contributed by atoms with Crippen LogP contribution in [-0.4, -0.2) is 17.0 Å². The summed E-state index contributed by atoms with van der Waals surface area (Å²) in [5, 5.41) is 3.98. The van der Waals surface area contributed by atoms with Crippen molar-refractivity contribution in [2.75, 3.05) is 6.54 Å². The zero-order valence-electron chi connectivity index (χ0n) is 12.0. The summed E-state index contributed by atoms with van der Waals surface area (Å²) in [5.41, 5.74) is 2.98. The highest BCUT2D eigenvalue weighted by molar-refractivity contribution is 5.98. The van der Waals surface area contributed by atoms with E-state index in [0.29, 0.717) is 18.8 Å². The van der Waals surface area contributed by atoms with E-state index in [2.05, 4.69) is 28.1 Å². The lowest BCUT2D eigenvalue weighted by Gasteiger charge is -2.10. The summed E-state index contributed by atoms with van der Waals surface area (Å²) >= 11 is 0. The molecule has 106 valence electrons. The van der Waals surface area contributed by atoms with Gasteiger partial charge in [0.25, 0.3) is 5.91 Å². The van der Waals surface area contributed by atoms with E-state index in [1.54, 1.807) is 0 Å². The molecule has 3 rings (SSSR count). The molecule has 0 bridgehead atoms. The molecule has 1 heterocycles. The minimum Gasteiger partial charge on any atom is -0.351 e. The number of hydrogen-bond donors (Lipinski definition) is 1. The zero-order chi connectivity index (χ0) is 14.7. The summed E-state index contributed by atoms with van der Waals surface area (Å²) < 4.78 is 2.08. The van der Waals surface area contributed by atoms with E-state index in [1.807, 2.05) is 49.4 Å². The SMILES string of the molecule is CCNC(=O)c1cc2ccccc2n1Cc1ccccc1. The van der Waals surface area contributed by atoms with Crippen molar-refractivity contribution in [2.24, 2.45) is 0 Å². The predicted molar refractivity (Wildman–Crippen MR) is 85.5 cm³/mol. The van der Waals surface area contributed by atoms with Crippen LogP contribution >= 0.6 is 0 Å². The van der Waals surface area contributed by atoms with Crippen LogP contribution in [0.5, 0.6) is 0 Å². The number of rotatable bonds is 4. The lowest BCUT2D eigenvalue weighted by molar-refractivity contribution is 0.0947. The molecule has 21 heavy (non-hydrogen) atoms. The third-order valence-electron chi connectivity index (χ3n) is 3.56. The van der Waals surface area contributed by atoms with E-state index in [-0.39, 0.29) is 5.91 Å². The van der Waals surface area contributed by atoms with Gasteiger partial charge in [-0.1, -0.05) is 48.5 Å². The minimum absolute atomic E-state index is 0.0235. The van der Waals surface area contributed by atoms with Crippen molar-refractivity contribution in [1.29, 1.82) is 0 Å². The summed E-state index contributed by atoms with van der Waals surface area (Å²) in [6.45, 7) is 3.26. The summed E-state index contributed by atoms with van der Waals surface area (Å²) in [4.78, 5) is 12.3. The van der Waals surface area contributed by atoms with Crippen molar-refractivity contribution >= 4 is 16.8 Å². The topological polar surface area (TPSA) is 34.0 Å². The standard InChI is InChI=1S/C18H18N2O/c1-2-19-18(21)17-12-15-10-6-7-11-16(15)20(17)13-14-8-4-3-5-9-14/h3-12H,2,13H2,1H3,(H,19,21). The molecule has 3 nitrogen and oxygen atoms in total. The van der Waals surface area contributed by atoms with E-state index in [4.69, 9.17) is 0 Å². The number of nitrogens with one attached hydrogen (secondary N) is 1. The number of carbonyl (C=O) groups is 1. The molecule has 3 aromatic rings. The molecule has 2 aromatic carbocycles. The van der Waals surface area contributed by atoms with Gasteiger partial charge in [0.1, 0.15) is 5.69 Å². The molecule has 1 aromatic heterocycles. The number of nitrogens with zero attached hydrogens (tertiary/aromatic N) is 1. The van der Waals surface area contributed by atoms with Crippen LogP contribution in [-0.2, 0) is 6.54 Å². The molecule has 1 N–H and O–H groups in total. The predicted octanol–water partition coefficient (Wildman–Crippen LogP) is 3.44. The van der Waals surface area contributed by atoms with Gasteiger partial charge in [-0.25, -0.2) is 0 Å². The fourth-order valence-corrected chi connectivity index (χ4v) is 2.59. The monoisotopic (exact) mass is 278 g/mol. The second kappa shape index (κ2) is 5.83. The van der Waals surface area contributed by atoms with Crippen LogP contribution in [0.2, 0.25) is 0 Å². The quantitative estimate of drug-likeness (QED) is 0.779. The van der Waals surface area contributed by atoms with E-state index in [9.17, 15) is 4.79 Å². The number of amides is 1. The number of hydrogen-bond acceptors (Lipinski definition) is 1. The number of fused-ring (bicyclic) bond motifs is 1. The van der Waals surface area contributed by atoms with Crippen LogP contribution in [0.3, 0.4) is 0 Å². The Hall–Kier alpha value is -2.55. The first kappa shape index (κ1) is 13.4. The number of carbonyl (C=O) groups excluding carboxylic acids is 1. The molecule has 0 aliphatic rings. The maximum Gasteiger partial charge on any atom is 0.267 e. The largest absolute Gasteiger partial charge is 0.351 e. The Morgan fingerprint density at radius 1 is 1.05 bits per heavy atom. The lowest BCUT2D eigenvalue weighted by atomic mass is 10.2. The van der Waals surface area contributed by atoms with Crippen LogP contribution in [0.15, 0.2) is 60.7 Å². The second-order valence-electron chi connectivity index (χ2n) is 5.02. The first-order valence-electron chi connectivity index (χ1n) is 7.20. The maximum absolute atomic E-state index is 12.3. The third-order valence-corrected chi connectivity index (χ3v) is 3.56. The Morgan fingerprint density at radius 3 is 2.52 bits per heavy atom. The summed E-state index contributed by atoms with van der Waals surface area (Å²) in [7, 11) is 0. The van der Waals surface area contributed by atoms with E-state index in [0.717, 1.165) is 10.9 Å². The van der Waals surface area contributed by atoms with Crippen LogP contribution in [0.4, 0.5) is 0 Å². The lowest BCUT2D eigenvalue weighted by Crippen LogP contribution is -2.25. The van der Waals surface area contributed by atoms with Gasteiger partial charge in [-0.2, -0.15) is 0 Å². The van der Waals surface area contributed by atoms with Gasteiger partial charge in [0.2, 0.25) is 0 Å². The van der Waals surface area contributed by atoms with Crippen LogP contribution < -0.4 is 5.32 Å². The Kier molecular flexibility index (Phi) is 3.73. The molecule has 0 saturated heterocycles. The van der Waals surface area contributed by atoms with E-state index >= 15 is 0 Å². The average molecular weight is 278 g/mol. The van der Waals surface area contributed by atoms with Gasteiger partial charge >= 0.3 is 0 Å². The Morgan fingerprint density at radius 2 is 1.76 bits per heavy atom. The van der Waals surface area contributed by atoms with Gasteiger partial charge in [-0.05, 0) is 24.6 Å². The molecule has 0 spiro atoms. The van der Waals surface area contributed by atoms with Gasteiger partial charge in [0.05, 0.1) is 0 Å². The molecule has 0 aliphatic heterocycles. The van der Waals surface area contributed by atoms with E-state index < -0.39 is 0 Å². The number of para-hydroxylation sites is 1. The Balaban J connectivity index is 2.09. The van der Waals surface area contributed by atoms with Crippen molar-refractivity contribution < 1.29 is 4.79 Å². The van der Waals surface area contributed by atoms with Crippen LogP contribution in [0.1, 0.15) is 23.0 Å². The highest BCUT2D eigenvalue weighted by atomic mass is 16.1. The summed E-state index contributed by atoms with van der Waals surface area (Å²) in [6, 6.07) is 20.3. The fourth-order valence-electron chi connectivity index (χ4n) is 2.59. The smallest absolute Gasteiger partial charge is 0.267 e. The molecule has 0 aliphatic carbocycles. The van der Waals surface area contributed by atoms with Gasteiger partial charge in [-0.15, -0.1) is 0 Å². The molecular formula is C18H18N2O. The van der Waals surface area contributed by atoms with Crippen LogP contribution in [0, 0.1) is 0 Å². The molecule has 1 amide bonds. The highest BCUT2D eigenvalue weighted by Crippen LogP contribution is 2.21. The van der Waals surface area contributed by atoms with Crippen molar-refractivity contribution in [3.63, 3.8) is 0 Å². The zero-order valence-corrected chi connectivity index (χ0v) is 12.0. The Bertz CT molecular complexity index is 759. The Labute approximate surface area is 124 Å². The molecule has 0 radical (unpaired) electrons. The van der Waals surface area contributed by atoms with Crippen LogP contribution in [0.25, 0.3) is 10.9 Å². The molecule has 0 atom stereocenters. The van der Waals surface area contributed by atoms with Gasteiger partial charge < -0.3 is 9.88 Å². The summed E-state index contributed by atoms with van der Waals surface area (Å²) in [6.07, 6.45) is 0. The molecular weight excluding hydrogens is 260 g/mol.